The second-order valence-corrected chi connectivity index (χ2v) is 7.21. The van der Waals surface area contributed by atoms with E-state index in [-0.39, 0.29) is 22.9 Å². The summed E-state index contributed by atoms with van der Waals surface area (Å²) in [6.07, 6.45) is 0.442. The van der Waals surface area contributed by atoms with Gasteiger partial charge in [0, 0.05) is 10.2 Å². The Morgan fingerprint density at radius 2 is 2.10 bits per heavy atom. The third kappa shape index (κ3) is 3.63. The maximum Gasteiger partial charge on any atom is 0.244 e. The first-order valence-corrected chi connectivity index (χ1v) is 8.24. The number of nitrogens with one attached hydrogen (secondary N) is 1. The number of sulfonamides is 1. The van der Waals surface area contributed by atoms with Crippen LogP contribution in [0.2, 0.25) is 0 Å². The SMILES string of the molecule is CCC(C)(CO)NS(=O)(=O)c1cc(N)c(Br)cc1OC. The van der Waals surface area contributed by atoms with Crippen LogP contribution in [0.1, 0.15) is 20.3 Å². The average Bonchev–Trinajstić information content (AvgIpc) is 2.40. The van der Waals surface area contributed by atoms with Crippen molar-refractivity contribution in [2.45, 2.75) is 30.7 Å². The minimum atomic E-state index is -3.86. The van der Waals surface area contributed by atoms with Crippen LogP contribution in [0.3, 0.4) is 0 Å². The summed E-state index contributed by atoms with van der Waals surface area (Å²) >= 11 is 3.22. The number of hydrogen-bond acceptors (Lipinski definition) is 5. The van der Waals surface area contributed by atoms with E-state index in [0.717, 1.165) is 0 Å². The van der Waals surface area contributed by atoms with Crippen molar-refractivity contribution in [3.63, 3.8) is 0 Å². The van der Waals surface area contributed by atoms with E-state index in [4.69, 9.17) is 10.5 Å². The molecule has 1 rings (SSSR count). The van der Waals surface area contributed by atoms with Gasteiger partial charge in [-0.25, -0.2) is 13.1 Å². The Kier molecular flexibility index (Phi) is 5.42. The lowest BCUT2D eigenvalue weighted by Gasteiger charge is -2.27. The molecule has 4 N–H and O–H groups in total. The smallest absolute Gasteiger partial charge is 0.244 e. The second kappa shape index (κ2) is 6.30. The molecular weight excluding hydrogens is 348 g/mol. The van der Waals surface area contributed by atoms with Crippen molar-refractivity contribution in [1.82, 2.24) is 4.72 Å². The first-order chi connectivity index (χ1) is 9.19. The lowest BCUT2D eigenvalue weighted by atomic mass is 10.0. The van der Waals surface area contributed by atoms with Crippen LogP contribution in [-0.2, 0) is 10.0 Å². The van der Waals surface area contributed by atoms with Crippen LogP contribution < -0.4 is 15.2 Å². The fraction of sp³-hybridized carbons (Fsp3) is 0.500. The maximum atomic E-state index is 12.4. The maximum absolute atomic E-state index is 12.4. The lowest BCUT2D eigenvalue weighted by Crippen LogP contribution is -2.48. The van der Waals surface area contributed by atoms with E-state index in [0.29, 0.717) is 10.9 Å². The highest BCUT2D eigenvalue weighted by Crippen LogP contribution is 2.32. The number of halogens is 1. The number of nitrogen functional groups attached to an aromatic ring is 1. The van der Waals surface area contributed by atoms with Crippen molar-refractivity contribution >= 4 is 31.6 Å². The fourth-order valence-electron chi connectivity index (χ4n) is 1.52. The van der Waals surface area contributed by atoms with Crippen molar-refractivity contribution in [1.29, 1.82) is 0 Å². The summed E-state index contributed by atoms with van der Waals surface area (Å²) in [6.45, 7) is 3.10. The van der Waals surface area contributed by atoms with Gasteiger partial charge in [-0.3, -0.25) is 0 Å². The topological polar surface area (TPSA) is 102 Å². The quantitative estimate of drug-likeness (QED) is 0.661. The van der Waals surface area contributed by atoms with Crippen LogP contribution >= 0.6 is 15.9 Å². The number of nitrogens with two attached hydrogens (primary N) is 1. The van der Waals surface area contributed by atoms with Gasteiger partial charge in [0.15, 0.2) is 0 Å². The molecule has 0 heterocycles. The number of benzene rings is 1. The minimum Gasteiger partial charge on any atom is -0.495 e. The number of rotatable bonds is 6. The summed E-state index contributed by atoms with van der Waals surface area (Å²) in [6, 6.07) is 2.81. The minimum absolute atomic E-state index is 0.0613. The molecule has 1 unspecified atom stereocenters. The Morgan fingerprint density at radius 3 is 2.55 bits per heavy atom. The third-order valence-corrected chi connectivity index (χ3v) is 5.43. The molecule has 0 spiro atoms. The molecule has 1 atom stereocenters. The van der Waals surface area contributed by atoms with E-state index in [1.165, 1.54) is 19.2 Å². The highest BCUT2D eigenvalue weighted by atomic mass is 79.9. The van der Waals surface area contributed by atoms with Gasteiger partial charge in [0.1, 0.15) is 10.6 Å². The molecule has 114 valence electrons. The highest BCUT2D eigenvalue weighted by molar-refractivity contribution is 9.10. The van der Waals surface area contributed by atoms with E-state index >= 15 is 0 Å². The average molecular weight is 367 g/mol. The van der Waals surface area contributed by atoms with Crippen molar-refractivity contribution in [3.05, 3.63) is 16.6 Å². The number of hydrogen-bond donors (Lipinski definition) is 3. The Labute approximate surface area is 127 Å². The highest BCUT2D eigenvalue weighted by Gasteiger charge is 2.30. The number of methoxy groups -OCH3 is 1. The number of aliphatic hydroxyl groups excluding tert-OH is 1. The lowest BCUT2D eigenvalue weighted by molar-refractivity contribution is 0.191. The van der Waals surface area contributed by atoms with Gasteiger partial charge in [-0.2, -0.15) is 0 Å². The molecular formula is C12H19BrN2O4S. The zero-order valence-corrected chi connectivity index (χ0v) is 14.0. The van der Waals surface area contributed by atoms with Gasteiger partial charge in [-0.1, -0.05) is 6.92 Å². The first-order valence-electron chi connectivity index (χ1n) is 5.97. The van der Waals surface area contributed by atoms with Gasteiger partial charge < -0.3 is 15.6 Å². The van der Waals surface area contributed by atoms with Gasteiger partial charge in [0.25, 0.3) is 0 Å². The summed E-state index contributed by atoms with van der Waals surface area (Å²) in [5.74, 6) is 0.176. The van der Waals surface area contributed by atoms with E-state index in [2.05, 4.69) is 20.7 Å². The molecule has 0 fully saturated rings. The number of anilines is 1. The van der Waals surface area contributed by atoms with Gasteiger partial charge >= 0.3 is 0 Å². The van der Waals surface area contributed by atoms with E-state index in [9.17, 15) is 13.5 Å². The Morgan fingerprint density at radius 1 is 1.50 bits per heavy atom. The summed E-state index contributed by atoms with van der Waals surface area (Å²) in [5.41, 5.74) is 5.07. The van der Waals surface area contributed by atoms with Gasteiger partial charge in [0.2, 0.25) is 10.0 Å². The standard InChI is InChI=1S/C12H19BrN2O4S/c1-4-12(2,7-16)15-20(17,18)11-6-9(14)8(13)5-10(11)19-3/h5-6,15-16H,4,7,14H2,1-3H3. The Bertz CT molecular complexity index is 585. The molecule has 0 amide bonds. The van der Waals surface area contributed by atoms with Crippen molar-refractivity contribution in [3.8, 4) is 5.75 Å². The molecule has 0 saturated heterocycles. The third-order valence-electron chi connectivity index (χ3n) is 3.08. The molecule has 0 bridgehead atoms. The van der Waals surface area contributed by atoms with Crippen LogP contribution in [0.15, 0.2) is 21.5 Å². The molecule has 6 nitrogen and oxygen atoms in total. The summed E-state index contributed by atoms with van der Waals surface area (Å²) < 4.78 is 33.0. The van der Waals surface area contributed by atoms with E-state index in [1.54, 1.807) is 13.8 Å². The van der Waals surface area contributed by atoms with Crippen LogP contribution in [0.5, 0.6) is 5.75 Å². The zero-order chi connectivity index (χ0) is 15.6. The monoisotopic (exact) mass is 366 g/mol. The Hall–Kier alpha value is -0.830. The number of aliphatic hydroxyl groups is 1. The van der Waals surface area contributed by atoms with Crippen molar-refractivity contribution in [2.24, 2.45) is 0 Å². The second-order valence-electron chi connectivity index (χ2n) is 4.70. The van der Waals surface area contributed by atoms with Crippen LogP contribution in [-0.4, -0.2) is 32.8 Å². The van der Waals surface area contributed by atoms with E-state index < -0.39 is 15.6 Å². The van der Waals surface area contributed by atoms with Crippen LogP contribution in [0.4, 0.5) is 5.69 Å². The molecule has 8 heteroatoms. The van der Waals surface area contributed by atoms with E-state index in [1.807, 2.05) is 0 Å². The molecule has 1 aromatic carbocycles. The summed E-state index contributed by atoms with van der Waals surface area (Å²) in [4.78, 5) is -0.0613. The summed E-state index contributed by atoms with van der Waals surface area (Å²) in [7, 11) is -2.48. The molecule has 0 aliphatic carbocycles. The van der Waals surface area contributed by atoms with Crippen LogP contribution in [0, 0.1) is 0 Å². The van der Waals surface area contributed by atoms with Gasteiger partial charge in [0.05, 0.1) is 19.3 Å². The molecule has 0 aromatic heterocycles. The van der Waals surface area contributed by atoms with Crippen molar-refractivity contribution < 1.29 is 18.3 Å². The molecule has 0 radical (unpaired) electrons. The van der Waals surface area contributed by atoms with Gasteiger partial charge in [-0.05, 0) is 41.4 Å². The normalized spacial score (nSPS) is 14.8. The molecule has 20 heavy (non-hydrogen) atoms. The van der Waals surface area contributed by atoms with Gasteiger partial charge in [-0.15, -0.1) is 0 Å². The Balaban J connectivity index is 3.32. The predicted molar refractivity (Wildman–Crippen MR) is 81.2 cm³/mol. The zero-order valence-electron chi connectivity index (χ0n) is 11.6. The molecule has 0 aliphatic rings. The predicted octanol–water partition coefficient (Wildman–Crippen LogP) is 1.48. The number of ether oxygens (including phenoxy) is 1. The summed E-state index contributed by atoms with van der Waals surface area (Å²) in [5, 5.41) is 9.33. The van der Waals surface area contributed by atoms with Crippen LogP contribution in [0.25, 0.3) is 0 Å². The first kappa shape index (κ1) is 17.2. The largest absolute Gasteiger partial charge is 0.495 e. The molecule has 0 saturated carbocycles. The molecule has 1 aromatic rings. The van der Waals surface area contributed by atoms with Crippen molar-refractivity contribution in [2.75, 3.05) is 19.5 Å². The molecule has 0 aliphatic heterocycles. The fourth-order valence-corrected chi connectivity index (χ4v) is 3.50.